The Kier molecular flexibility index (Phi) is 12.9. The first-order chi connectivity index (χ1) is 17.8. The van der Waals surface area contributed by atoms with Crippen molar-refractivity contribution in [3.05, 3.63) is 23.9 Å². The summed E-state index contributed by atoms with van der Waals surface area (Å²) in [6, 6.07) is 2.22. The Morgan fingerprint density at radius 3 is 2.54 bits per heavy atom. The summed E-state index contributed by atoms with van der Waals surface area (Å²) in [4.78, 5) is 39.6. The molecule has 7 N–H and O–H groups in total. The molecule has 3 amide bonds. The minimum atomic E-state index is -1.38. The van der Waals surface area contributed by atoms with Gasteiger partial charge in [0.05, 0.1) is 12.2 Å². The predicted molar refractivity (Wildman–Crippen MR) is 133 cm³/mol. The Morgan fingerprint density at radius 1 is 1.14 bits per heavy atom. The highest BCUT2D eigenvalue weighted by Crippen LogP contribution is 2.22. The standard InChI is InChI=1S/C23H36N6O8/c1-14(31)28-19-21(34)20(33)16(13-30)37-23(19)36-11-4-3-6-18(32)25-9-5-10-26-22(35)15-7-8-17(27-12-15)29-24-2/h7-8,12,16,19-21,23,30,33-34H,2-6,9-11,13H2,1H3,(H,25,32)(H,26,35)(H,27,29)(H,28,31). The van der Waals surface area contributed by atoms with Crippen LogP contribution < -0.4 is 21.4 Å². The van der Waals surface area contributed by atoms with Gasteiger partial charge in [0.25, 0.3) is 5.91 Å². The molecular formula is C23H36N6O8. The number of rotatable bonds is 15. The van der Waals surface area contributed by atoms with Crippen molar-refractivity contribution in [1.29, 1.82) is 0 Å². The number of aromatic nitrogens is 1. The molecule has 0 aromatic carbocycles. The normalized spacial score (nSPS) is 23.1. The molecule has 5 atom stereocenters. The van der Waals surface area contributed by atoms with E-state index >= 15 is 0 Å². The van der Waals surface area contributed by atoms with Gasteiger partial charge in [-0.05, 0) is 31.4 Å². The van der Waals surface area contributed by atoms with Crippen molar-refractivity contribution in [2.75, 3.05) is 31.7 Å². The molecule has 0 aliphatic carbocycles. The van der Waals surface area contributed by atoms with E-state index in [4.69, 9.17) is 9.47 Å². The molecule has 0 spiro atoms. The zero-order chi connectivity index (χ0) is 27.2. The Hall–Kier alpha value is -3.17. The third-order valence-electron chi connectivity index (χ3n) is 5.51. The molecule has 14 heteroatoms. The number of amides is 3. The van der Waals surface area contributed by atoms with Gasteiger partial charge in [0, 0.05) is 46.0 Å². The summed E-state index contributed by atoms with van der Waals surface area (Å²) in [6.45, 7) is 4.99. The monoisotopic (exact) mass is 524 g/mol. The van der Waals surface area contributed by atoms with Crippen LogP contribution in [0.5, 0.6) is 0 Å². The van der Waals surface area contributed by atoms with E-state index in [0.29, 0.717) is 43.7 Å². The molecule has 1 aliphatic rings. The fourth-order valence-electron chi connectivity index (χ4n) is 3.58. The second-order valence-corrected chi connectivity index (χ2v) is 8.42. The lowest BCUT2D eigenvalue weighted by Gasteiger charge is -2.42. The number of nitrogens with one attached hydrogen (secondary N) is 4. The Balaban J connectivity index is 1.59. The molecule has 14 nitrogen and oxygen atoms in total. The lowest BCUT2D eigenvalue weighted by molar-refractivity contribution is -0.270. The molecular weight excluding hydrogens is 488 g/mol. The molecule has 0 radical (unpaired) electrons. The Bertz CT molecular complexity index is 886. The van der Waals surface area contributed by atoms with E-state index in [2.05, 4.69) is 38.2 Å². The Morgan fingerprint density at radius 2 is 1.89 bits per heavy atom. The SMILES string of the molecule is C=NNc1ccc(C(=O)NCCCNC(=O)CCCCOC2OC(CO)C(O)C(O)C2NC(C)=O)cn1. The number of nitrogens with zero attached hydrogens (tertiary/aromatic N) is 2. The van der Waals surface area contributed by atoms with E-state index < -0.39 is 43.2 Å². The van der Waals surface area contributed by atoms with Crippen LogP contribution in [0.4, 0.5) is 5.82 Å². The number of ether oxygens (including phenoxy) is 2. The van der Waals surface area contributed by atoms with Crippen LogP contribution >= 0.6 is 0 Å². The number of aliphatic hydroxyl groups excluding tert-OH is 3. The second kappa shape index (κ2) is 15.8. The summed E-state index contributed by atoms with van der Waals surface area (Å²) in [5.41, 5.74) is 2.98. The first kappa shape index (κ1) is 30.1. The molecule has 1 fully saturated rings. The van der Waals surface area contributed by atoms with Crippen molar-refractivity contribution in [3.8, 4) is 0 Å². The molecule has 206 valence electrons. The lowest BCUT2D eigenvalue weighted by Crippen LogP contribution is -2.64. The van der Waals surface area contributed by atoms with Gasteiger partial charge < -0.3 is 40.7 Å². The highest BCUT2D eigenvalue weighted by atomic mass is 16.7. The van der Waals surface area contributed by atoms with Crippen LogP contribution in [0.1, 0.15) is 43.0 Å². The fourth-order valence-corrected chi connectivity index (χ4v) is 3.58. The lowest BCUT2D eigenvalue weighted by atomic mass is 9.97. The van der Waals surface area contributed by atoms with Gasteiger partial charge in [-0.15, -0.1) is 0 Å². The van der Waals surface area contributed by atoms with Gasteiger partial charge in [0.1, 0.15) is 30.2 Å². The number of carbonyl (C=O) groups excluding carboxylic acids is 3. The molecule has 1 aliphatic heterocycles. The minimum Gasteiger partial charge on any atom is -0.394 e. The highest BCUT2D eigenvalue weighted by molar-refractivity contribution is 5.94. The second-order valence-electron chi connectivity index (χ2n) is 8.42. The van der Waals surface area contributed by atoms with Crippen molar-refractivity contribution < 1.29 is 39.2 Å². The average molecular weight is 525 g/mol. The fraction of sp³-hybridized carbons (Fsp3) is 0.609. The van der Waals surface area contributed by atoms with Crippen molar-refractivity contribution in [1.82, 2.24) is 20.9 Å². The van der Waals surface area contributed by atoms with Crippen LogP contribution in [0.15, 0.2) is 23.4 Å². The summed E-state index contributed by atoms with van der Waals surface area (Å²) in [5.74, 6) is -0.367. The molecule has 0 saturated carbocycles. The number of hydrogen-bond donors (Lipinski definition) is 7. The summed E-state index contributed by atoms with van der Waals surface area (Å²) in [5, 5.41) is 41.1. The van der Waals surface area contributed by atoms with Crippen molar-refractivity contribution in [3.63, 3.8) is 0 Å². The zero-order valence-electron chi connectivity index (χ0n) is 20.8. The molecule has 1 aromatic rings. The number of anilines is 1. The molecule has 5 unspecified atom stereocenters. The summed E-state index contributed by atoms with van der Waals surface area (Å²) < 4.78 is 11.1. The largest absolute Gasteiger partial charge is 0.394 e. The van der Waals surface area contributed by atoms with E-state index in [1.807, 2.05) is 0 Å². The van der Waals surface area contributed by atoms with Crippen molar-refractivity contribution >= 4 is 30.3 Å². The first-order valence-corrected chi connectivity index (χ1v) is 12.0. The highest BCUT2D eigenvalue weighted by Gasteiger charge is 2.45. The molecule has 1 saturated heterocycles. The minimum absolute atomic E-state index is 0.140. The van der Waals surface area contributed by atoms with E-state index in [9.17, 15) is 29.7 Å². The van der Waals surface area contributed by atoms with Gasteiger partial charge in [-0.25, -0.2) is 4.98 Å². The third kappa shape index (κ3) is 10.0. The number of carbonyl (C=O) groups is 3. The molecule has 37 heavy (non-hydrogen) atoms. The van der Waals surface area contributed by atoms with Gasteiger partial charge in [-0.3, -0.25) is 19.8 Å². The van der Waals surface area contributed by atoms with Crippen LogP contribution in [-0.4, -0.2) is 102 Å². The quantitative estimate of drug-likeness (QED) is 0.0801. The maximum Gasteiger partial charge on any atom is 0.252 e. The summed E-state index contributed by atoms with van der Waals surface area (Å²) >= 11 is 0. The molecule has 2 heterocycles. The molecule has 0 bridgehead atoms. The summed E-state index contributed by atoms with van der Waals surface area (Å²) in [6.07, 6.45) is -1.58. The van der Waals surface area contributed by atoms with E-state index in [-0.39, 0.29) is 24.8 Å². The van der Waals surface area contributed by atoms with Gasteiger partial charge in [0.15, 0.2) is 6.29 Å². The van der Waals surface area contributed by atoms with Crippen LogP contribution in [0.25, 0.3) is 0 Å². The number of pyridine rings is 1. The number of unbranched alkanes of at least 4 members (excludes halogenated alkanes) is 1. The van der Waals surface area contributed by atoms with Gasteiger partial charge in [-0.2, -0.15) is 5.10 Å². The van der Waals surface area contributed by atoms with Gasteiger partial charge >= 0.3 is 0 Å². The Labute approximate surface area is 214 Å². The maximum atomic E-state index is 12.1. The van der Waals surface area contributed by atoms with Crippen molar-refractivity contribution in [2.24, 2.45) is 5.10 Å². The van der Waals surface area contributed by atoms with Crippen LogP contribution in [0.3, 0.4) is 0 Å². The predicted octanol–water partition coefficient (Wildman–Crippen LogP) is -1.52. The maximum absolute atomic E-state index is 12.1. The smallest absolute Gasteiger partial charge is 0.252 e. The number of hydrazone groups is 1. The van der Waals surface area contributed by atoms with Gasteiger partial charge in [-0.1, -0.05) is 0 Å². The third-order valence-corrected chi connectivity index (χ3v) is 5.51. The van der Waals surface area contributed by atoms with E-state index in [1.165, 1.54) is 13.1 Å². The zero-order valence-corrected chi connectivity index (χ0v) is 20.8. The number of hydrogen-bond acceptors (Lipinski definition) is 11. The van der Waals surface area contributed by atoms with E-state index in [0.717, 1.165) is 0 Å². The molecule has 1 aromatic heterocycles. The summed E-state index contributed by atoms with van der Waals surface area (Å²) in [7, 11) is 0. The number of aliphatic hydroxyl groups is 3. The average Bonchev–Trinajstić information content (AvgIpc) is 2.87. The van der Waals surface area contributed by atoms with Crippen LogP contribution in [0.2, 0.25) is 0 Å². The van der Waals surface area contributed by atoms with E-state index in [1.54, 1.807) is 12.1 Å². The van der Waals surface area contributed by atoms with Crippen LogP contribution in [-0.2, 0) is 19.1 Å². The van der Waals surface area contributed by atoms with Gasteiger partial charge in [0.2, 0.25) is 11.8 Å². The first-order valence-electron chi connectivity index (χ1n) is 12.0. The topological polar surface area (TPSA) is 204 Å². The van der Waals surface area contributed by atoms with Crippen LogP contribution in [0, 0.1) is 0 Å². The molecule has 2 rings (SSSR count). The van der Waals surface area contributed by atoms with Crippen molar-refractivity contribution in [2.45, 2.75) is 63.3 Å².